The van der Waals surface area contributed by atoms with Gasteiger partial charge in [0.2, 0.25) is 10.0 Å². The number of aryl methyl sites for hydroxylation is 1. The van der Waals surface area contributed by atoms with Crippen LogP contribution in [0.1, 0.15) is 22.4 Å². The first-order valence-corrected chi connectivity index (χ1v) is 8.22. The number of aromatic nitrogens is 1. The Hall–Kier alpha value is -1.76. The molecule has 0 aliphatic rings. The molecule has 112 valence electrons. The minimum atomic E-state index is -3.45. The highest BCUT2D eigenvalue weighted by Gasteiger charge is 2.12. The van der Waals surface area contributed by atoms with E-state index in [4.69, 9.17) is 5.11 Å². The minimum absolute atomic E-state index is 0.103. The summed E-state index contributed by atoms with van der Waals surface area (Å²) >= 11 is 0. The molecular weight excluding hydrogens is 288 g/mol. The molecule has 0 saturated carbocycles. The summed E-state index contributed by atoms with van der Waals surface area (Å²) in [6, 6.07) is 10.6. The third-order valence-corrected chi connectivity index (χ3v) is 4.41. The lowest BCUT2D eigenvalue weighted by Gasteiger charge is -2.08. The van der Waals surface area contributed by atoms with Crippen molar-refractivity contribution in [3.05, 3.63) is 65.0 Å². The third kappa shape index (κ3) is 4.63. The van der Waals surface area contributed by atoms with Crippen molar-refractivity contribution >= 4 is 10.0 Å². The lowest BCUT2D eigenvalue weighted by Crippen LogP contribution is -2.25. The Morgan fingerprint density at radius 3 is 2.67 bits per heavy atom. The second-order valence-corrected chi connectivity index (χ2v) is 6.63. The summed E-state index contributed by atoms with van der Waals surface area (Å²) in [6.45, 7) is 1.96. The van der Waals surface area contributed by atoms with E-state index in [0.29, 0.717) is 16.8 Å². The molecule has 0 atom stereocenters. The van der Waals surface area contributed by atoms with Crippen LogP contribution >= 0.6 is 0 Å². The normalized spacial score (nSPS) is 11.5. The average Bonchev–Trinajstić information content (AvgIpc) is 2.46. The van der Waals surface area contributed by atoms with Gasteiger partial charge < -0.3 is 5.11 Å². The highest BCUT2D eigenvalue weighted by Crippen LogP contribution is 2.10. The van der Waals surface area contributed by atoms with Crippen molar-refractivity contribution in [1.29, 1.82) is 0 Å². The standard InChI is InChI=1S/C15H18N2O3S/c1-12-4-3-7-16-15(12)9-17-21(19,20)11-14-6-2-5-13(8-14)10-18/h2-8,17-18H,9-11H2,1H3. The van der Waals surface area contributed by atoms with Crippen LogP contribution in [0, 0.1) is 6.92 Å². The van der Waals surface area contributed by atoms with Gasteiger partial charge in [0.15, 0.2) is 0 Å². The first kappa shape index (κ1) is 15.6. The van der Waals surface area contributed by atoms with Gasteiger partial charge in [-0.15, -0.1) is 0 Å². The highest BCUT2D eigenvalue weighted by molar-refractivity contribution is 7.88. The van der Waals surface area contributed by atoms with Crippen LogP contribution in [0.2, 0.25) is 0 Å². The summed E-state index contributed by atoms with van der Waals surface area (Å²) in [6.07, 6.45) is 1.64. The molecule has 0 aliphatic heterocycles. The molecule has 0 fully saturated rings. The predicted molar refractivity (Wildman–Crippen MR) is 80.8 cm³/mol. The Labute approximate surface area is 124 Å². The Balaban J connectivity index is 2.03. The number of hydrogen-bond donors (Lipinski definition) is 2. The van der Waals surface area contributed by atoms with E-state index in [1.54, 1.807) is 30.5 Å². The Kier molecular flexibility index (Phi) is 5.06. The van der Waals surface area contributed by atoms with Gasteiger partial charge in [-0.2, -0.15) is 0 Å². The van der Waals surface area contributed by atoms with Crippen LogP contribution in [-0.2, 0) is 28.9 Å². The monoisotopic (exact) mass is 306 g/mol. The van der Waals surface area contributed by atoms with Gasteiger partial charge >= 0.3 is 0 Å². The zero-order valence-electron chi connectivity index (χ0n) is 11.8. The number of nitrogens with zero attached hydrogens (tertiary/aromatic N) is 1. The molecule has 1 heterocycles. The van der Waals surface area contributed by atoms with Crippen molar-refractivity contribution in [2.24, 2.45) is 0 Å². The molecule has 1 aromatic carbocycles. The lowest BCUT2D eigenvalue weighted by molar-refractivity contribution is 0.282. The summed E-state index contributed by atoms with van der Waals surface area (Å²) in [5.41, 5.74) is 3.00. The molecule has 0 bridgehead atoms. The van der Waals surface area contributed by atoms with Gasteiger partial charge in [-0.25, -0.2) is 13.1 Å². The van der Waals surface area contributed by atoms with Crippen LogP contribution in [0.25, 0.3) is 0 Å². The van der Waals surface area contributed by atoms with Crippen LogP contribution < -0.4 is 4.72 Å². The quantitative estimate of drug-likeness (QED) is 0.847. The first-order chi connectivity index (χ1) is 10.00. The van der Waals surface area contributed by atoms with Crippen molar-refractivity contribution in [3.63, 3.8) is 0 Å². The average molecular weight is 306 g/mol. The number of aliphatic hydroxyl groups excluding tert-OH is 1. The molecule has 0 spiro atoms. The summed E-state index contributed by atoms with van der Waals surface area (Å²) < 4.78 is 26.7. The minimum Gasteiger partial charge on any atom is -0.392 e. The summed E-state index contributed by atoms with van der Waals surface area (Å²) in [4.78, 5) is 4.16. The van der Waals surface area contributed by atoms with E-state index in [0.717, 1.165) is 5.56 Å². The molecule has 2 aromatic rings. The summed E-state index contributed by atoms with van der Waals surface area (Å²) in [5.74, 6) is -0.118. The second kappa shape index (κ2) is 6.80. The Morgan fingerprint density at radius 2 is 1.95 bits per heavy atom. The van der Waals surface area contributed by atoms with E-state index in [-0.39, 0.29) is 18.9 Å². The second-order valence-electron chi connectivity index (χ2n) is 4.83. The topological polar surface area (TPSA) is 79.3 Å². The van der Waals surface area contributed by atoms with Crippen LogP contribution in [0.3, 0.4) is 0 Å². The van der Waals surface area contributed by atoms with E-state index in [1.165, 1.54) is 0 Å². The number of nitrogens with one attached hydrogen (secondary N) is 1. The van der Waals surface area contributed by atoms with E-state index in [2.05, 4.69) is 9.71 Å². The van der Waals surface area contributed by atoms with Crippen molar-refractivity contribution in [3.8, 4) is 0 Å². The summed E-state index contributed by atoms with van der Waals surface area (Å²) in [5, 5.41) is 9.07. The molecule has 0 unspecified atom stereocenters. The van der Waals surface area contributed by atoms with Gasteiger partial charge in [0, 0.05) is 6.20 Å². The first-order valence-electron chi connectivity index (χ1n) is 6.57. The molecule has 2 rings (SSSR count). The molecule has 1 aromatic heterocycles. The zero-order valence-corrected chi connectivity index (χ0v) is 12.6. The molecule has 0 saturated heterocycles. The fourth-order valence-corrected chi connectivity index (χ4v) is 3.05. The third-order valence-electron chi connectivity index (χ3n) is 3.11. The van der Waals surface area contributed by atoms with Gasteiger partial charge in [0.05, 0.1) is 24.6 Å². The van der Waals surface area contributed by atoms with Crippen molar-refractivity contribution in [1.82, 2.24) is 9.71 Å². The van der Waals surface area contributed by atoms with Gasteiger partial charge in [-0.1, -0.05) is 30.3 Å². The van der Waals surface area contributed by atoms with Crippen molar-refractivity contribution < 1.29 is 13.5 Å². The van der Waals surface area contributed by atoms with E-state index in [1.807, 2.05) is 19.1 Å². The largest absolute Gasteiger partial charge is 0.392 e. The number of benzene rings is 1. The lowest BCUT2D eigenvalue weighted by atomic mass is 10.1. The number of pyridine rings is 1. The smallest absolute Gasteiger partial charge is 0.216 e. The van der Waals surface area contributed by atoms with Crippen LogP contribution in [-0.4, -0.2) is 18.5 Å². The van der Waals surface area contributed by atoms with Crippen LogP contribution in [0.5, 0.6) is 0 Å². The molecule has 0 aliphatic carbocycles. The van der Waals surface area contributed by atoms with Crippen LogP contribution in [0.15, 0.2) is 42.6 Å². The fourth-order valence-electron chi connectivity index (χ4n) is 1.97. The Bertz CT molecular complexity index is 714. The molecule has 21 heavy (non-hydrogen) atoms. The maximum atomic E-state index is 12.1. The maximum Gasteiger partial charge on any atom is 0.216 e. The molecular formula is C15H18N2O3S. The number of rotatable bonds is 6. The van der Waals surface area contributed by atoms with E-state index >= 15 is 0 Å². The maximum absolute atomic E-state index is 12.1. The van der Waals surface area contributed by atoms with Gasteiger partial charge in [-0.3, -0.25) is 4.98 Å². The number of sulfonamides is 1. The fraction of sp³-hybridized carbons (Fsp3) is 0.267. The Morgan fingerprint density at radius 1 is 1.19 bits per heavy atom. The number of aliphatic hydroxyl groups is 1. The van der Waals surface area contributed by atoms with Crippen molar-refractivity contribution in [2.75, 3.05) is 0 Å². The van der Waals surface area contributed by atoms with Crippen LogP contribution in [0.4, 0.5) is 0 Å². The number of hydrogen-bond acceptors (Lipinski definition) is 4. The van der Waals surface area contributed by atoms with Gasteiger partial charge in [0.1, 0.15) is 0 Å². The van der Waals surface area contributed by atoms with E-state index < -0.39 is 10.0 Å². The van der Waals surface area contributed by atoms with Gasteiger partial charge in [-0.05, 0) is 29.7 Å². The molecule has 2 N–H and O–H groups in total. The van der Waals surface area contributed by atoms with Gasteiger partial charge in [0.25, 0.3) is 0 Å². The summed E-state index contributed by atoms with van der Waals surface area (Å²) in [7, 11) is -3.45. The predicted octanol–water partition coefficient (Wildman–Crippen LogP) is 1.50. The van der Waals surface area contributed by atoms with E-state index in [9.17, 15) is 8.42 Å². The zero-order chi connectivity index (χ0) is 15.3. The molecule has 0 amide bonds. The highest BCUT2D eigenvalue weighted by atomic mass is 32.2. The molecule has 5 nitrogen and oxygen atoms in total. The molecule has 6 heteroatoms. The van der Waals surface area contributed by atoms with Crippen molar-refractivity contribution in [2.45, 2.75) is 25.8 Å². The SMILES string of the molecule is Cc1cccnc1CNS(=O)(=O)Cc1cccc(CO)c1. The molecule has 0 radical (unpaired) electrons.